The van der Waals surface area contributed by atoms with Gasteiger partial charge in [-0.3, -0.25) is 0 Å². The molecular formula is C34H47O4P. The number of ether oxygens (including phenoxy) is 4. The van der Waals surface area contributed by atoms with E-state index in [-0.39, 0.29) is 22.4 Å². The minimum Gasteiger partial charge on any atom is -0.484 e. The van der Waals surface area contributed by atoms with Gasteiger partial charge in [0.2, 0.25) is 0 Å². The summed E-state index contributed by atoms with van der Waals surface area (Å²) in [7, 11) is -0.924. The van der Waals surface area contributed by atoms with Crippen LogP contribution < -0.4 is 34.9 Å². The van der Waals surface area contributed by atoms with E-state index in [1.807, 2.05) is 12.1 Å². The second-order valence-electron chi connectivity index (χ2n) is 13.8. The Bertz CT molecular complexity index is 1160. The molecule has 0 radical (unpaired) electrons. The summed E-state index contributed by atoms with van der Waals surface area (Å²) >= 11 is 0. The summed E-state index contributed by atoms with van der Waals surface area (Å²) in [5.41, 5.74) is -1.43. The lowest BCUT2D eigenvalue weighted by atomic mass is 10.1. The average molecular weight is 551 g/mol. The molecule has 0 heterocycles. The maximum absolute atomic E-state index is 6.45. The Hall–Kier alpha value is -2.71. The zero-order chi connectivity index (χ0) is 29.2. The summed E-state index contributed by atoms with van der Waals surface area (Å²) in [5.74, 6) is 2.99. The summed E-state index contributed by atoms with van der Waals surface area (Å²) in [6, 6.07) is 23.4. The fraction of sp³-hybridized carbons (Fsp3) is 0.471. The van der Waals surface area contributed by atoms with E-state index in [1.54, 1.807) is 0 Å². The first-order valence-corrected chi connectivity index (χ1v) is 15.0. The molecule has 0 aromatic heterocycles. The fourth-order valence-electron chi connectivity index (χ4n) is 3.94. The summed E-state index contributed by atoms with van der Waals surface area (Å²) in [6.07, 6.45) is 0. The smallest absolute Gasteiger partial charge is 0.162 e. The zero-order valence-corrected chi connectivity index (χ0v) is 26.8. The van der Waals surface area contributed by atoms with Crippen molar-refractivity contribution in [2.24, 2.45) is 0 Å². The minimum atomic E-state index is -0.924. The molecule has 0 aliphatic rings. The Kier molecular flexibility index (Phi) is 9.02. The van der Waals surface area contributed by atoms with Gasteiger partial charge < -0.3 is 18.9 Å². The second kappa shape index (κ2) is 11.4. The van der Waals surface area contributed by atoms with Crippen molar-refractivity contribution in [3.05, 3.63) is 66.7 Å². The molecule has 4 nitrogen and oxygen atoms in total. The topological polar surface area (TPSA) is 36.9 Å². The van der Waals surface area contributed by atoms with Crippen LogP contribution in [0, 0.1) is 0 Å². The molecule has 0 atom stereocenters. The summed E-state index contributed by atoms with van der Waals surface area (Å²) in [5, 5.41) is 3.58. The van der Waals surface area contributed by atoms with Crippen LogP contribution in [0.5, 0.6) is 23.0 Å². The Morgan fingerprint density at radius 2 is 0.718 bits per heavy atom. The Labute approximate surface area is 237 Å². The summed E-state index contributed by atoms with van der Waals surface area (Å²) in [6.45, 7) is 24.7. The van der Waals surface area contributed by atoms with Crippen molar-refractivity contribution in [1.82, 2.24) is 0 Å². The first kappa shape index (κ1) is 30.8. The molecule has 212 valence electrons. The van der Waals surface area contributed by atoms with Crippen LogP contribution in [0.4, 0.5) is 0 Å². The van der Waals surface area contributed by atoms with E-state index in [2.05, 4.69) is 138 Å². The van der Waals surface area contributed by atoms with E-state index in [9.17, 15) is 0 Å². The van der Waals surface area contributed by atoms with Gasteiger partial charge in [-0.05, 0) is 143 Å². The van der Waals surface area contributed by atoms with Crippen molar-refractivity contribution in [1.29, 1.82) is 0 Å². The molecule has 0 fully saturated rings. The van der Waals surface area contributed by atoms with Crippen LogP contribution in [0.2, 0.25) is 0 Å². The van der Waals surface area contributed by atoms with Crippen LogP contribution in [0.15, 0.2) is 66.7 Å². The quantitative estimate of drug-likeness (QED) is 0.278. The predicted octanol–water partition coefficient (Wildman–Crippen LogP) is 8.15. The molecule has 0 saturated carbocycles. The van der Waals surface area contributed by atoms with Gasteiger partial charge in [-0.25, -0.2) is 0 Å². The molecule has 0 saturated heterocycles. The summed E-state index contributed by atoms with van der Waals surface area (Å²) < 4.78 is 25.5. The average Bonchev–Trinajstić information content (AvgIpc) is 2.74. The highest BCUT2D eigenvalue weighted by Gasteiger charge is 2.26. The Morgan fingerprint density at radius 1 is 0.385 bits per heavy atom. The SMILES string of the molecule is CC(C)(C)Oc1ccc(P(c2ccccc2)c2ccc(OC(C)(C)C)c(OC(C)(C)C)c2)cc1OC(C)(C)C. The predicted molar refractivity (Wildman–Crippen MR) is 167 cm³/mol. The normalized spacial score (nSPS) is 12.8. The van der Waals surface area contributed by atoms with Gasteiger partial charge in [-0.15, -0.1) is 0 Å². The first-order valence-electron chi connectivity index (χ1n) is 13.7. The molecule has 0 N–H and O–H groups in total. The maximum Gasteiger partial charge on any atom is 0.162 e. The molecule has 5 heteroatoms. The van der Waals surface area contributed by atoms with Gasteiger partial charge in [0.25, 0.3) is 0 Å². The molecular weight excluding hydrogens is 503 g/mol. The van der Waals surface area contributed by atoms with E-state index in [1.165, 1.54) is 15.9 Å². The monoisotopic (exact) mass is 550 g/mol. The van der Waals surface area contributed by atoms with Gasteiger partial charge in [0.15, 0.2) is 23.0 Å². The van der Waals surface area contributed by atoms with Crippen molar-refractivity contribution < 1.29 is 18.9 Å². The number of rotatable bonds is 7. The summed E-state index contributed by atoms with van der Waals surface area (Å²) in [4.78, 5) is 0. The van der Waals surface area contributed by atoms with Crippen LogP contribution in [0.25, 0.3) is 0 Å². The largest absolute Gasteiger partial charge is 0.484 e. The highest BCUT2D eigenvalue weighted by atomic mass is 31.1. The lowest BCUT2D eigenvalue weighted by Gasteiger charge is -2.30. The zero-order valence-electron chi connectivity index (χ0n) is 25.9. The number of hydrogen-bond acceptors (Lipinski definition) is 4. The first-order chi connectivity index (χ1) is 17.8. The van der Waals surface area contributed by atoms with Crippen LogP contribution >= 0.6 is 7.92 Å². The number of hydrogen-bond donors (Lipinski definition) is 0. The van der Waals surface area contributed by atoms with E-state index >= 15 is 0 Å². The lowest BCUT2D eigenvalue weighted by Crippen LogP contribution is -2.29. The van der Waals surface area contributed by atoms with Gasteiger partial charge >= 0.3 is 0 Å². The van der Waals surface area contributed by atoms with Gasteiger partial charge in [-0.2, -0.15) is 0 Å². The standard InChI is InChI=1S/C34H47O4P/c1-31(2,3)35-27-20-18-25(22-29(27)37-33(7,8)9)39(24-16-14-13-15-17-24)26-19-21-28(36-32(4,5)6)30(23-26)38-34(10,11)12/h13-23H,1-12H3. The van der Waals surface area contributed by atoms with Gasteiger partial charge in [-0.1, -0.05) is 30.3 Å². The molecule has 0 aliphatic carbocycles. The van der Waals surface area contributed by atoms with Crippen molar-refractivity contribution in [3.63, 3.8) is 0 Å². The van der Waals surface area contributed by atoms with E-state index in [0.717, 1.165) is 23.0 Å². The van der Waals surface area contributed by atoms with Crippen LogP contribution in [-0.4, -0.2) is 22.4 Å². The third-order valence-electron chi connectivity index (χ3n) is 5.05. The van der Waals surface area contributed by atoms with Gasteiger partial charge in [0.1, 0.15) is 22.4 Å². The third kappa shape index (κ3) is 9.76. The molecule has 3 aromatic rings. The molecule has 0 spiro atoms. The molecule has 0 unspecified atom stereocenters. The lowest BCUT2D eigenvalue weighted by molar-refractivity contribution is 0.0959. The molecule has 3 aromatic carbocycles. The second-order valence-corrected chi connectivity index (χ2v) is 16.0. The Morgan fingerprint density at radius 3 is 1.05 bits per heavy atom. The van der Waals surface area contributed by atoms with Crippen molar-refractivity contribution in [2.75, 3.05) is 0 Å². The number of benzene rings is 3. The van der Waals surface area contributed by atoms with Crippen LogP contribution in [-0.2, 0) is 0 Å². The fourth-order valence-corrected chi connectivity index (χ4v) is 6.25. The maximum atomic E-state index is 6.45. The Balaban J connectivity index is 2.21. The van der Waals surface area contributed by atoms with Crippen LogP contribution in [0.1, 0.15) is 83.1 Å². The highest BCUT2D eigenvalue weighted by molar-refractivity contribution is 7.79. The highest BCUT2D eigenvalue weighted by Crippen LogP contribution is 2.41. The van der Waals surface area contributed by atoms with Gasteiger partial charge in [0, 0.05) is 0 Å². The molecule has 3 rings (SSSR count). The van der Waals surface area contributed by atoms with Gasteiger partial charge in [0.05, 0.1) is 0 Å². The van der Waals surface area contributed by atoms with E-state index < -0.39 is 7.92 Å². The van der Waals surface area contributed by atoms with Crippen molar-refractivity contribution in [2.45, 2.75) is 105 Å². The van der Waals surface area contributed by atoms with E-state index in [0.29, 0.717) is 0 Å². The van der Waals surface area contributed by atoms with Crippen molar-refractivity contribution >= 4 is 23.8 Å². The molecule has 0 aliphatic heterocycles. The third-order valence-corrected chi connectivity index (χ3v) is 7.45. The molecule has 0 amide bonds. The minimum absolute atomic E-state index is 0.343. The van der Waals surface area contributed by atoms with Crippen LogP contribution in [0.3, 0.4) is 0 Å². The molecule has 39 heavy (non-hydrogen) atoms. The van der Waals surface area contributed by atoms with Crippen molar-refractivity contribution in [3.8, 4) is 23.0 Å². The van der Waals surface area contributed by atoms with E-state index in [4.69, 9.17) is 18.9 Å². The molecule has 0 bridgehead atoms.